The Bertz CT molecular complexity index is 642. The number of benzene rings is 1. The van der Waals surface area contributed by atoms with Gasteiger partial charge in [0.1, 0.15) is 12.4 Å². The summed E-state index contributed by atoms with van der Waals surface area (Å²) in [6.45, 7) is 4.34. The van der Waals surface area contributed by atoms with Crippen LogP contribution in [-0.2, 0) is 14.3 Å². The van der Waals surface area contributed by atoms with E-state index < -0.39 is 23.5 Å². The smallest absolute Gasteiger partial charge is 0.418 e. The zero-order valence-corrected chi connectivity index (χ0v) is 13.5. The number of rotatable bonds is 4. The van der Waals surface area contributed by atoms with Gasteiger partial charge in [-0.1, -0.05) is 12.1 Å². The number of cyclic esters (lactones) is 1. The second-order valence-electron chi connectivity index (χ2n) is 6.00. The average Bonchev–Trinajstić information content (AvgIpc) is 2.68. The van der Waals surface area contributed by atoms with E-state index in [1.165, 1.54) is 30.9 Å². The van der Waals surface area contributed by atoms with Crippen LogP contribution in [0.4, 0.5) is 9.18 Å². The van der Waals surface area contributed by atoms with E-state index in [-0.39, 0.29) is 18.4 Å². The summed E-state index contributed by atoms with van der Waals surface area (Å²) in [5.41, 5.74) is -0.503. The molecular weight excluding hydrogens is 303 g/mol. The second-order valence-corrected chi connectivity index (χ2v) is 6.00. The van der Waals surface area contributed by atoms with Gasteiger partial charge in [-0.2, -0.15) is 0 Å². The maximum Gasteiger partial charge on any atom is 0.418 e. The zero-order chi connectivity index (χ0) is 17.4. The molecule has 0 N–H and O–H groups in total. The number of likely N-dealkylation sites (N-methyl/N-ethyl adjacent to an activating group) is 1. The molecule has 0 bridgehead atoms. The molecule has 0 aliphatic carbocycles. The number of hydrogen-bond donors (Lipinski definition) is 0. The lowest BCUT2D eigenvalue weighted by Crippen LogP contribution is -2.43. The molecule has 1 aliphatic rings. The van der Waals surface area contributed by atoms with Gasteiger partial charge in [-0.15, -0.1) is 0 Å². The molecule has 2 rings (SSSR count). The van der Waals surface area contributed by atoms with E-state index in [2.05, 4.69) is 0 Å². The Morgan fingerprint density at radius 3 is 2.35 bits per heavy atom. The van der Waals surface area contributed by atoms with E-state index >= 15 is 0 Å². The number of halogens is 1. The Morgan fingerprint density at radius 1 is 1.30 bits per heavy atom. The highest BCUT2D eigenvalue weighted by Crippen LogP contribution is 2.24. The Balaban J connectivity index is 2.07. The summed E-state index contributed by atoms with van der Waals surface area (Å²) in [5.74, 6) is -1.31. The van der Waals surface area contributed by atoms with Crippen LogP contribution in [0.15, 0.2) is 24.3 Å². The van der Waals surface area contributed by atoms with Gasteiger partial charge in [0.05, 0.1) is 6.04 Å². The minimum atomic E-state index is -1.25. The van der Waals surface area contributed by atoms with Crippen LogP contribution in [0.1, 0.15) is 32.4 Å². The topological polar surface area (TPSA) is 66.9 Å². The van der Waals surface area contributed by atoms with E-state index in [1.54, 1.807) is 26.1 Å². The van der Waals surface area contributed by atoms with Crippen molar-refractivity contribution in [3.8, 4) is 0 Å². The van der Waals surface area contributed by atoms with Gasteiger partial charge in [0.15, 0.2) is 5.60 Å². The molecule has 1 saturated heterocycles. The Morgan fingerprint density at radius 2 is 1.87 bits per heavy atom. The first-order valence-corrected chi connectivity index (χ1v) is 7.19. The fourth-order valence-electron chi connectivity index (χ4n) is 2.29. The Kier molecular flexibility index (Phi) is 4.40. The molecule has 1 aromatic carbocycles. The monoisotopic (exact) mass is 322 g/mol. The van der Waals surface area contributed by atoms with Crippen molar-refractivity contribution in [3.63, 3.8) is 0 Å². The number of nitrogens with zero attached hydrogens (tertiary/aromatic N) is 2. The van der Waals surface area contributed by atoms with E-state index in [4.69, 9.17) is 4.74 Å². The lowest BCUT2D eigenvalue weighted by molar-refractivity contribution is -0.140. The normalized spacial score (nSPS) is 17.9. The third-order valence-corrected chi connectivity index (χ3v) is 3.94. The van der Waals surface area contributed by atoms with Crippen molar-refractivity contribution in [1.82, 2.24) is 9.80 Å². The van der Waals surface area contributed by atoms with Gasteiger partial charge in [0.25, 0.3) is 5.91 Å². The van der Waals surface area contributed by atoms with Gasteiger partial charge in [0.2, 0.25) is 5.91 Å². The highest BCUT2D eigenvalue weighted by Gasteiger charge is 2.48. The van der Waals surface area contributed by atoms with Gasteiger partial charge in [0, 0.05) is 7.05 Å². The van der Waals surface area contributed by atoms with Crippen molar-refractivity contribution in [2.24, 2.45) is 0 Å². The predicted molar refractivity (Wildman–Crippen MR) is 79.9 cm³/mol. The van der Waals surface area contributed by atoms with E-state index in [0.717, 1.165) is 10.5 Å². The molecule has 1 fully saturated rings. The van der Waals surface area contributed by atoms with Crippen molar-refractivity contribution in [2.45, 2.75) is 32.4 Å². The van der Waals surface area contributed by atoms with Gasteiger partial charge in [-0.3, -0.25) is 9.59 Å². The van der Waals surface area contributed by atoms with Crippen LogP contribution in [-0.4, -0.2) is 46.9 Å². The van der Waals surface area contributed by atoms with Crippen LogP contribution >= 0.6 is 0 Å². The van der Waals surface area contributed by atoms with Crippen molar-refractivity contribution in [3.05, 3.63) is 35.6 Å². The molecule has 124 valence electrons. The van der Waals surface area contributed by atoms with Crippen molar-refractivity contribution in [2.75, 3.05) is 13.6 Å². The fraction of sp³-hybridized carbons (Fsp3) is 0.438. The lowest BCUT2D eigenvalue weighted by Gasteiger charge is -2.26. The SMILES string of the molecule is C[C@@H](c1ccc(F)cc1)N(C)C(=O)CN1C(=O)OC(C)(C)C1=O. The average molecular weight is 322 g/mol. The number of ether oxygens (including phenoxy) is 1. The first-order chi connectivity index (χ1) is 10.6. The Hall–Kier alpha value is -2.44. The third-order valence-electron chi connectivity index (χ3n) is 3.94. The summed E-state index contributed by atoms with van der Waals surface area (Å²) in [5, 5.41) is 0. The number of hydrogen-bond acceptors (Lipinski definition) is 4. The highest BCUT2D eigenvalue weighted by molar-refractivity contribution is 6.04. The first-order valence-electron chi connectivity index (χ1n) is 7.19. The summed E-state index contributed by atoms with van der Waals surface area (Å²) in [6, 6.07) is 5.47. The summed E-state index contributed by atoms with van der Waals surface area (Å²) < 4.78 is 17.9. The molecule has 1 atom stereocenters. The maximum absolute atomic E-state index is 13.0. The van der Waals surface area contributed by atoms with Crippen molar-refractivity contribution in [1.29, 1.82) is 0 Å². The van der Waals surface area contributed by atoms with Crippen molar-refractivity contribution >= 4 is 17.9 Å². The van der Waals surface area contributed by atoms with Gasteiger partial charge < -0.3 is 9.64 Å². The van der Waals surface area contributed by atoms with Crippen LogP contribution in [0.3, 0.4) is 0 Å². The summed E-state index contributed by atoms with van der Waals surface area (Å²) in [6.07, 6.45) is -0.823. The van der Waals surface area contributed by atoms with Gasteiger partial charge in [-0.25, -0.2) is 14.1 Å². The minimum absolute atomic E-state index is 0.329. The predicted octanol–water partition coefficient (Wildman–Crippen LogP) is 2.10. The quantitative estimate of drug-likeness (QED) is 0.851. The molecule has 7 heteroatoms. The molecule has 0 spiro atoms. The molecule has 1 heterocycles. The van der Waals surface area contributed by atoms with Crippen LogP contribution in [0.5, 0.6) is 0 Å². The fourth-order valence-corrected chi connectivity index (χ4v) is 2.29. The second kappa shape index (κ2) is 5.98. The summed E-state index contributed by atoms with van der Waals surface area (Å²) >= 11 is 0. The molecular formula is C16H19FN2O4. The van der Waals surface area contributed by atoms with Crippen molar-refractivity contribution < 1.29 is 23.5 Å². The zero-order valence-electron chi connectivity index (χ0n) is 13.5. The highest BCUT2D eigenvalue weighted by atomic mass is 19.1. The number of amides is 3. The van der Waals surface area contributed by atoms with Crippen LogP contribution < -0.4 is 0 Å². The molecule has 0 saturated carbocycles. The van der Waals surface area contributed by atoms with Crippen LogP contribution in [0.25, 0.3) is 0 Å². The van der Waals surface area contributed by atoms with E-state index in [9.17, 15) is 18.8 Å². The number of imide groups is 1. The van der Waals surface area contributed by atoms with Gasteiger partial charge in [-0.05, 0) is 38.5 Å². The lowest BCUT2D eigenvalue weighted by atomic mass is 10.1. The first kappa shape index (κ1) is 16.9. The Labute approximate surface area is 133 Å². The van der Waals surface area contributed by atoms with E-state index in [0.29, 0.717) is 0 Å². The number of carbonyl (C=O) groups excluding carboxylic acids is 3. The molecule has 1 aromatic rings. The largest absolute Gasteiger partial charge is 0.433 e. The van der Waals surface area contributed by atoms with Crippen LogP contribution in [0.2, 0.25) is 0 Å². The van der Waals surface area contributed by atoms with Crippen LogP contribution in [0, 0.1) is 5.82 Å². The summed E-state index contributed by atoms with van der Waals surface area (Å²) in [7, 11) is 1.56. The molecule has 0 unspecified atom stereocenters. The van der Waals surface area contributed by atoms with E-state index in [1.807, 2.05) is 0 Å². The molecule has 0 aromatic heterocycles. The molecule has 0 radical (unpaired) electrons. The molecule has 1 aliphatic heterocycles. The molecule has 23 heavy (non-hydrogen) atoms. The van der Waals surface area contributed by atoms with Gasteiger partial charge >= 0.3 is 6.09 Å². The number of carbonyl (C=O) groups is 3. The minimum Gasteiger partial charge on any atom is -0.433 e. The maximum atomic E-state index is 13.0. The molecule has 6 nitrogen and oxygen atoms in total. The third kappa shape index (κ3) is 3.33. The summed E-state index contributed by atoms with van der Waals surface area (Å²) in [4.78, 5) is 38.3. The molecule has 3 amide bonds. The standard InChI is InChI=1S/C16H19FN2O4/c1-10(11-5-7-12(17)8-6-11)18(4)13(20)9-19-14(21)16(2,3)23-15(19)22/h5-8,10H,9H2,1-4H3/t10-/m0/s1.